The van der Waals surface area contributed by atoms with Gasteiger partial charge < -0.3 is 20.3 Å². The summed E-state index contributed by atoms with van der Waals surface area (Å²) in [6.07, 6.45) is 1.84. The number of carbonyl (C=O) groups is 2. The number of rotatable bonds is 4. The number of hydrogen-bond acceptors (Lipinski definition) is 4. The van der Waals surface area contributed by atoms with Crippen LogP contribution in [-0.2, 0) is 14.3 Å². The lowest BCUT2D eigenvalue weighted by molar-refractivity contribution is -0.146. The van der Waals surface area contributed by atoms with E-state index < -0.39 is 30.6 Å². The van der Waals surface area contributed by atoms with Crippen molar-refractivity contribution < 1.29 is 24.5 Å². The molecule has 6 nitrogen and oxygen atoms in total. The van der Waals surface area contributed by atoms with Crippen LogP contribution in [0.4, 0.5) is 0 Å². The number of carboxylic acids is 1. The van der Waals surface area contributed by atoms with E-state index in [1.165, 1.54) is 0 Å². The van der Waals surface area contributed by atoms with E-state index in [0.29, 0.717) is 13.0 Å². The SMILES string of the molecule is O=C(N[C@H](CO)C(=O)O)C1CCCCO1. The first-order valence-corrected chi connectivity index (χ1v) is 4.90. The zero-order chi connectivity index (χ0) is 11.3. The van der Waals surface area contributed by atoms with Crippen LogP contribution in [0.25, 0.3) is 0 Å². The van der Waals surface area contributed by atoms with Gasteiger partial charge in [0, 0.05) is 6.61 Å². The van der Waals surface area contributed by atoms with Crippen molar-refractivity contribution in [2.45, 2.75) is 31.4 Å². The zero-order valence-electron chi connectivity index (χ0n) is 8.31. The van der Waals surface area contributed by atoms with Crippen molar-refractivity contribution in [3.05, 3.63) is 0 Å². The molecule has 2 atom stereocenters. The van der Waals surface area contributed by atoms with Gasteiger partial charge in [0.15, 0.2) is 0 Å². The van der Waals surface area contributed by atoms with Crippen molar-refractivity contribution in [1.82, 2.24) is 5.32 Å². The maximum Gasteiger partial charge on any atom is 0.328 e. The minimum atomic E-state index is -1.25. The third kappa shape index (κ3) is 3.49. The first-order valence-electron chi connectivity index (χ1n) is 4.90. The lowest BCUT2D eigenvalue weighted by Gasteiger charge is -2.23. The average Bonchev–Trinajstić information content (AvgIpc) is 2.26. The fourth-order valence-corrected chi connectivity index (χ4v) is 1.40. The molecule has 1 rings (SSSR count). The molecule has 0 aromatic heterocycles. The Hall–Kier alpha value is -1.14. The number of amides is 1. The Morgan fingerprint density at radius 1 is 1.47 bits per heavy atom. The standard InChI is InChI=1S/C9H15NO5/c11-5-6(9(13)14)10-8(12)7-3-1-2-4-15-7/h6-7,11H,1-5H2,(H,10,12)(H,13,14)/t6-,7?/m1/s1. The summed E-state index contributed by atoms with van der Waals surface area (Å²) in [5.41, 5.74) is 0. The van der Waals surface area contributed by atoms with E-state index in [9.17, 15) is 9.59 Å². The Labute approximate surface area is 87.2 Å². The van der Waals surface area contributed by atoms with Gasteiger partial charge in [-0.25, -0.2) is 4.79 Å². The van der Waals surface area contributed by atoms with Crippen molar-refractivity contribution in [1.29, 1.82) is 0 Å². The highest BCUT2D eigenvalue weighted by molar-refractivity contribution is 5.86. The van der Waals surface area contributed by atoms with Gasteiger partial charge in [-0.3, -0.25) is 4.79 Å². The van der Waals surface area contributed by atoms with Gasteiger partial charge in [0.25, 0.3) is 0 Å². The van der Waals surface area contributed by atoms with Crippen LogP contribution in [0, 0.1) is 0 Å². The highest BCUT2D eigenvalue weighted by Gasteiger charge is 2.26. The molecule has 0 aromatic carbocycles. The van der Waals surface area contributed by atoms with Crippen molar-refractivity contribution in [3.8, 4) is 0 Å². The quantitative estimate of drug-likeness (QED) is 0.568. The molecule has 1 aliphatic heterocycles. The maximum absolute atomic E-state index is 11.5. The summed E-state index contributed by atoms with van der Waals surface area (Å²) in [6, 6.07) is -1.25. The summed E-state index contributed by atoms with van der Waals surface area (Å²) >= 11 is 0. The van der Waals surface area contributed by atoms with Crippen LogP contribution in [-0.4, -0.2) is 47.4 Å². The Bertz CT molecular complexity index is 237. The highest BCUT2D eigenvalue weighted by Crippen LogP contribution is 2.12. The van der Waals surface area contributed by atoms with E-state index in [0.717, 1.165) is 12.8 Å². The van der Waals surface area contributed by atoms with Crippen LogP contribution < -0.4 is 5.32 Å². The van der Waals surface area contributed by atoms with Gasteiger partial charge in [0.2, 0.25) is 5.91 Å². The third-order valence-electron chi connectivity index (χ3n) is 2.27. The second-order valence-corrected chi connectivity index (χ2v) is 3.44. The predicted molar refractivity (Wildman–Crippen MR) is 50.2 cm³/mol. The molecule has 1 heterocycles. The summed E-state index contributed by atoms with van der Waals surface area (Å²) in [6.45, 7) is -0.0945. The van der Waals surface area contributed by atoms with Gasteiger partial charge in [-0.2, -0.15) is 0 Å². The van der Waals surface area contributed by atoms with Crippen molar-refractivity contribution in [2.75, 3.05) is 13.2 Å². The fraction of sp³-hybridized carbons (Fsp3) is 0.778. The lowest BCUT2D eigenvalue weighted by Crippen LogP contribution is -2.48. The number of aliphatic hydroxyl groups excluding tert-OH is 1. The summed E-state index contributed by atoms with van der Waals surface area (Å²) in [4.78, 5) is 22.0. The largest absolute Gasteiger partial charge is 0.480 e. The molecule has 1 saturated heterocycles. The predicted octanol–water partition coefficient (Wildman–Crippen LogP) is -0.883. The Morgan fingerprint density at radius 3 is 2.67 bits per heavy atom. The van der Waals surface area contributed by atoms with Gasteiger partial charge >= 0.3 is 5.97 Å². The van der Waals surface area contributed by atoms with Gasteiger partial charge in [0.05, 0.1) is 6.61 Å². The molecule has 0 saturated carbocycles. The molecular weight excluding hydrogens is 202 g/mol. The van der Waals surface area contributed by atoms with E-state index in [1.807, 2.05) is 0 Å². The molecule has 1 unspecified atom stereocenters. The number of carbonyl (C=O) groups excluding carboxylic acids is 1. The van der Waals surface area contributed by atoms with Crippen LogP contribution in [0.15, 0.2) is 0 Å². The third-order valence-corrected chi connectivity index (χ3v) is 2.27. The van der Waals surface area contributed by atoms with E-state index in [-0.39, 0.29) is 0 Å². The van der Waals surface area contributed by atoms with Crippen LogP contribution in [0.2, 0.25) is 0 Å². The van der Waals surface area contributed by atoms with E-state index in [4.69, 9.17) is 14.9 Å². The first kappa shape index (κ1) is 11.9. The summed E-state index contributed by atoms with van der Waals surface area (Å²) in [5.74, 6) is -1.71. The van der Waals surface area contributed by atoms with E-state index in [2.05, 4.69) is 5.32 Å². The van der Waals surface area contributed by atoms with Crippen LogP contribution in [0.1, 0.15) is 19.3 Å². The number of aliphatic hydroxyl groups is 1. The van der Waals surface area contributed by atoms with Gasteiger partial charge in [-0.1, -0.05) is 0 Å². The molecule has 1 aliphatic rings. The van der Waals surface area contributed by atoms with Crippen molar-refractivity contribution in [2.24, 2.45) is 0 Å². The van der Waals surface area contributed by atoms with Gasteiger partial charge in [-0.05, 0) is 19.3 Å². The lowest BCUT2D eigenvalue weighted by atomic mass is 10.1. The minimum absolute atomic E-state index is 0.462. The fourth-order valence-electron chi connectivity index (χ4n) is 1.40. The molecule has 0 spiro atoms. The molecule has 86 valence electrons. The van der Waals surface area contributed by atoms with Gasteiger partial charge in [0.1, 0.15) is 12.1 Å². The van der Waals surface area contributed by atoms with Crippen molar-refractivity contribution in [3.63, 3.8) is 0 Å². The second kappa shape index (κ2) is 5.67. The van der Waals surface area contributed by atoms with Crippen molar-refractivity contribution >= 4 is 11.9 Å². The number of ether oxygens (including phenoxy) is 1. The monoisotopic (exact) mass is 217 g/mol. The van der Waals surface area contributed by atoms with Crippen LogP contribution in [0.5, 0.6) is 0 Å². The normalized spacial score (nSPS) is 23.1. The summed E-state index contributed by atoms with van der Waals surface area (Å²) in [5, 5.41) is 19.5. The number of aliphatic carboxylic acids is 1. The summed E-state index contributed by atoms with van der Waals surface area (Å²) in [7, 11) is 0. The molecule has 1 amide bonds. The first-order chi connectivity index (χ1) is 7.15. The molecule has 0 aliphatic carbocycles. The number of carboxylic acid groups (broad SMARTS) is 1. The van der Waals surface area contributed by atoms with Crippen LogP contribution in [0.3, 0.4) is 0 Å². The topological polar surface area (TPSA) is 95.9 Å². The molecule has 0 aromatic rings. The smallest absolute Gasteiger partial charge is 0.328 e. The Kier molecular flexibility index (Phi) is 4.51. The second-order valence-electron chi connectivity index (χ2n) is 3.44. The molecule has 6 heteroatoms. The van der Waals surface area contributed by atoms with Crippen LogP contribution >= 0.6 is 0 Å². The molecule has 1 fully saturated rings. The Morgan fingerprint density at radius 2 is 2.20 bits per heavy atom. The molecule has 3 N–H and O–H groups in total. The van der Waals surface area contributed by atoms with E-state index >= 15 is 0 Å². The molecule has 0 bridgehead atoms. The molecule has 0 radical (unpaired) electrons. The number of nitrogens with one attached hydrogen (secondary N) is 1. The Balaban J connectivity index is 2.42. The van der Waals surface area contributed by atoms with Gasteiger partial charge in [-0.15, -0.1) is 0 Å². The van der Waals surface area contributed by atoms with E-state index in [1.54, 1.807) is 0 Å². The minimum Gasteiger partial charge on any atom is -0.480 e. The maximum atomic E-state index is 11.5. The highest BCUT2D eigenvalue weighted by atomic mass is 16.5. The number of hydrogen-bond donors (Lipinski definition) is 3. The zero-order valence-corrected chi connectivity index (χ0v) is 8.31. The summed E-state index contributed by atoms with van der Waals surface area (Å²) < 4.78 is 5.18. The molecule has 15 heavy (non-hydrogen) atoms. The average molecular weight is 217 g/mol. The molecular formula is C9H15NO5.